The summed E-state index contributed by atoms with van der Waals surface area (Å²) >= 11 is 0. The summed E-state index contributed by atoms with van der Waals surface area (Å²) in [6.45, 7) is 2.10. The van der Waals surface area contributed by atoms with Gasteiger partial charge in [0.05, 0.1) is 0 Å². The van der Waals surface area contributed by atoms with Crippen LogP contribution in [-0.2, 0) is 0 Å². The predicted molar refractivity (Wildman–Crippen MR) is 103 cm³/mol. The predicted octanol–water partition coefficient (Wildman–Crippen LogP) is 3.66. The minimum atomic E-state index is -0.451. The number of hydrogen-bond donors (Lipinski definition) is 6. The summed E-state index contributed by atoms with van der Waals surface area (Å²) in [6.07, 6.45) is 0. The molecule has 29 heavy (non-hydrogen) atoms. The van der Waals surface area contributed by atoms with Crippen molar-refractivity contribution in [3.05, 3.63) is 69.8 Å². The van der Waals surface area contributed by atoms with Crippen LogP contribution in [0.5, 0.6) is 34.5 Å². The van der Waals surface area contributed by atoms with Crippen molar-refractivity contribution in [1.29, 1.82) is 0 Å². The molecule has 3 aliphatic rings. The Morgan fingerprint density at radius 1 is 0.448 bits per heavy atom. The average molecular weight is 390 g/mol. The molecule has 0 aromatic heterocycles. The van der Waals surface area contributed by atoms with Crippen molar-refractivity contribution in [2.75, 3.05) is 0 Å². The van der Waals surface area contributed by atoms with Gasteiger partial charge in [0.1, 0.15) is 0 Å². The van der Waals surface area contributed by atoms with Crippen LogP contribution < -0.4 is 0 Å². The smallest absolute Gasteiger partial charge is 0.157 e. The molecule has 0 spiro atoms. The summed E-state index contributed by atoms with van der Waals surface area (Å²) in [4.78, 5) is 0. The van der Waals surface area contributed by atoms with Crippen LogP contribution in [-0.4, -0.2) is 30.6 Å². The second-order valence-electron chi connectivity index (χ2n) is 8.57. The van der Waals surface area contributed by atoms with Gasteiger partial charge in [-0.15, -0.1) is 0 Å². The van der Waals surface area contributed by atoms with Gasteiger partial charge < -0.3 is 30.6 Å². The first-order valence-electron chi connectivity index (χ1n) is 9.40. The first-order valence-corrected chi connectivity index (χ1v) is 9.40. The Kier molecular flexibility index (Phi) is 2.67. The first-order chi connectivity index (χ1) is 13.7. The minimum absolute atomic E-state index is 0.197. The third-order valence-corrected chi connectivity index (χ3v) is 7.27. The van der Waals surface area contributed by atoms with Crippen LogP contribution in [0, 0.1) is 5.41 Å². The van der Waals surface area contributed by atoms with E-state index in [1.54, 1.807) is 36.4 Å². The van der Waals surface area contributed by atoms with Crippen molar-refractivity contribution in [2.24, 2.45) is 5.41 Å². The third-order valence-electron chi connectivity index (χ3n) is 7.27. The van der Waals surface area contributed by atoms with Crippen LogP contribution >= 0.6 is 0 Å². The normalized spacial score (nSPS) is 27.4. The van der Waals surface area contributed by atoms with E-state index in [2.05, 4.69) is 6.92 Å². The quantitative estimate of drug-likeness (QED) is 0.326. The maximum absolute atomic E-state index is 10.2. The summed E-state index contributed by atoms with van der Waals surface area (Å²) in [5.74, 6) is -1.87. The molecule has 6 nitrogen and oxygen atoms in total. The molecular formula is C23H18O6. The number of fused-ring (bicyclic) bond motifs is 9. The summed E-state index contributed by atoms with van der Waals surface area (Å²) in [6, 6.07) is 9.39. The SMILES string of the molecule is CC12C3c4cc(O)c(O)cc4C1c1cc(O)c(O)cc1C2c1cc(O)c(O)cc13. The monoisotopic (exact) mass is 390 g/mol. The molecule has 3 aliphatic carbocycles. The molecule has 0 saturated heterocycles. The molecule has 0 bridgehead atoms. The van der Waals surface area contributed by atoms with Crippen LogP contribution in [0.3, 0.4) is 0 Å². The number of phenols is 6. The van der Waals surface area contributed by atoms with E-state index in [0.29, 0.717) is 0 Å². The van der Waals surface area contributed by atoms with Crippen molar-refractivity contribution in [3.8, 4) is 34.5 Å². The molecule has 0 atom stereocenters. The molecule has 0 fully saturated rings. The highest BCUT2D eigenvalue weighted by atomic mass is 16.3. The molecule has 0 unspecified atom stereocenters. The number of benzene rings is 3. The maximum atomic E-state index is 10.2. The van der Waals surface area contributed by atoms with Gasteiger partial charge in [-0.05, 0) is 69.8 Å². The third kappa shape index (κ3) is 1.65. The minimum Gasteiger partial charge on any atom is -0.504 e. The Bertz CT molecular complexity index is 1020. The van der Waals surface area contributed by atoms with E-state index in [1.165, 1.54) is 0 Å². The number of aromatic hydroxyl groups is 6. The van der Waals surface area contributed by atoms with Gasteiger partial charge in [0, 0.05) is 23.2 Å². The van der Waals surface area contributed by atoms with E-state index in [9.17, 15) is 30.6 Å². The van der Waals surface area contributed by atoms with E-state index in [-0.39, 0.29) is 52.3 Å². The molecule has 3 aromatic carbocycles. The van der Waals surface area contributed by atoms with Crippen LogP contribution in [0.15, 0.2) is 36.4 Å². The molecule has 0 aliphatic heterocycles. The molecule has 3 aromatic rings. The zero-order valence-corrected chi connectivity index (χ0v) is 15.4. The van der Waals surface area contributed by atoms with Crippen LogP contribution in [0.2, 0.25) is 0 Å². The van der Waals surface area contributed by atoms with Crippen molar-refractivity contribution in [3.63, 3.8) is 0 Å². The van der Waals surface area contributed by atoms with Gasteiger partial charge in [-0.3, -0.25) is 0 Å². The van der Waals surface area contributed by atoms with Crippen molar-refractivity contribution >= 4 is 0 Å². The Hall–Kier alpha value is -3.54. The molecule has 0 amide bonds. The Balaban J connectivity index is 1.78. The van der Waals surface area contributed by atoms with Gasteiger partial charge in [0.2, 0.25) is 0 Å². The molecule has 146 valence electrons. The first kappa shape index (κ1) is 16.4. The molecule has 6 N–H and O–H groups in total. The lowest BCUT2D eigenvalue weighted by Gasteiger charge is -2.31. The molecule has 0 heterocycles. The Morgan fingerprint density at radius 2 is 0.621 bits per heavy atom. The largest absolute Gasteiger partial charge is 0.504 e. The van der Waals surface area contributed by atoms with Gasteiger partial charge in [0.15, 0.2) is 34.5 Å². The zero-order chi connectivity index (χ0) is 20.4. The lowest BCUT2D eigenvalue weighted by molar-refractivity contribution is 0.288. The second kappa shape index (κ2) is 4.71. The van der Waals surface area contributed by atoms with Crippen molar-refractivity contribution in [2.45, 2.75) is 24.7 Å². The molecular weight excluding hydrogens is 372 g/mol. The van der Waals surface area contributed by atoms with Crippen LogP contribution in [0.1, 0.15) is 58.1 Å². The van der Waals surface area contributed by atoms with Crippen LogP contribution in [0.25, 0.3) is 0 Å². The van der Waals surface area contributed by atoms with E-state index >= 15 is 0 Å². The van der Waals surface area contributed by atoms with Crippen molar-refractivity contribution < 1.29 is 30.6 Å². The van der Waals surface area contributed by atoms with Gasteiger partial charge in [-0.1, -0.05) is 6.92 Å². The number of rotatable bonds is 0. The standard InChI is InChI=1S/C23H18O6/c1-23-20-8-2-14(24)15(25)3-9(8)21(23)12-6-18(28)19(29)7-13(12)22(23)11-5-17(27)16(26)4-10(11)20/h2-7,20-22,24-29H,1H3. The molecule has 6 rings (SSSR count). The fraction of sp³-hybridized carbons (Fsp3) is 0.217. The molecule has 0 radical (unpaired) electrons. The van der Waals surface area contributed by atoms with E-state index in [4.69, 9.17) is 0 Å². The van der Waals surface area contributed by atoms with E-state index < -0.39 is 5.41 Å². The Labute approximate surface area is 165 Å². The number of hydrogen-bond acceptors (Lipinski definition) is 6. The van der Waals surface area contributed by atoms with Gasteiger partial charge in [-0.2, -0.15) is 0 Å². The summed E-state index contributed by atoms with van der Waals surface area (Å²) < 4.78 is 0. The highest BCUT2D eigenvalue weighted by molar-refractivity contribution is 5.72. The summed E-state index contributed by atoms with van der Waals surface area (Å²) in [7, 11) is 0. The topological polar surface area (TPSA) is 121 Å². The van der Waals surface area contributed by atoms with Crippen molar-refractivity contribution in [1.82, 2.24) is 0 Å². The summed E-state index contributed by atoms with van der Waals surface area (Å²) in [5, 5.41) is 61.0. The fourth-order valence-corrected chi connectivity index (χ4v) is 6.34. The lowest BCUT2D eigenvalue weighted by Crippen LogP contribution is -2.23. The zero-order valence-electron chi connectivity index (χ0n) is 15.4. The maximum Gasteiger partial charge on any atom is 0.157 e. The summed E-state index contributed by atoms with van der Waals surface area (Å²) in [5.41, 5.74) is 4.63. The van der Waals surface area contributed by atoms with Gasteiger partial charge >= 0.3 is 0 Å². The fourth-order valence-electron chi connectivity index (χ4n) is 6.34. The average Bonchev–Trinajstić information content (AvgIpc) is 3.14. The molecule has 6 heteroatoms. The van der Waals surface area contributed by atoms with Gasteiger partial charge in [-0.25, -0.2) is 0 Å². The van der Waals surface area contributed by atoms with Crippen LogP contribution in [0.4, 0.5) is 0 Å². The van der Waals surface area contributed by atoms with Gasteiger partial charge in [0.25, 0.3) is 0 Å². The molecule has 0 saturated carbocycles. The van der Waals surface area contributed by atoms with E-state index in [1.807, 2.05) is 0 Å². The second-order valence-corrected chi connectivity index (χ2v) is 8.57. The van der Waals surface area contributed by atoms with E-state index in [0.717, 1.165) is 33.4 Å². The number of phenolic OH excluding ortho intramolecular Hbond substituents is 6. The Morgan fingerprint density at radius 3 is 0.793 bits per heavy atom. The highest BCUT2D eigenvalue weighted by Gasteiger charge is 2.65. The highest BCUT2D eigenvalue weighted by Crippen LogP contribution is 2.77. The lowest BCUT2D eigenvalue weighted by atomic mass is 9.70.